The highest BCUT2D eigenvalue weighted by Crippen LogP contribution is 2.27. The molecule has 0 amide bonds. The fourth-order valence-corrected chi connectivity index (χ4v) is 1.93. The zero-order chi connectivity index (χ0) is 14.6. The first-order chi connectivity index (χ1) is 8.86. The van der Waals surface area contributed by atoms with Crippen molar-refractivity contribution in [2.45, 2.75) is 45.8 Å². The van der Waals surface area contributed by atoms with E-state index in [0.29, 0.717) is 0 Å². The van der Waals surface area contributed by atoms with Crippen LogP contribution in [0.3, 0.4) is 0 Å². The van der Waals surface area contributed by atoms with Crippen molar-refractivity contribution in [2.75, 3.05) is 7.11 Å². The summed E-state index contributed by atoms with van der Waals surface area (Å²) in [7, 11) is 1.64. The van der Waals surface area contributed by atoms with Crippen LogP contribution in [0.4, 0.5) is 0 Å². The molecule has 0 aliphatic carbocycles. The number of esters is 1. The van der Waals surface area contributed by atoms with Crippen LogP contribution in [0.1, 0.15) is 37.8 Å². The molecule has 4 nitrogen and oxygen atoms in total. The third-order valence-electron chi connectivity index (χ3n) is 3.35. The molecule has 0 fully saturated rings. The zero-order valence-corrected chi connectivity index (χ0v) is 12.3. The maximum atomic E-state index is 11.5. The van der Waals surface area contributed by atoms with Crippen LogP contribution < -0.4 is 10.5 Å². The molecule has 0 aromatic heterocycles. The van der Waals surface area contributed by atoms with E-state index < -0.39 is 6.04 Å². The normalized spacial score (nSPS) is 15.5. The van der Waals surface area contributed by atoms with E-state index in [1.807, 2.05) is 39.0 Å². The molecule has 1 rings (SSSR count). The summed E-state index contributed by atoms with van der Waals surface area (Å²) in [5, 5.41) is 0. The summed E-state index contributed by atoms with van der Waals surface area (Å²) in [4.78, 5) is 11.5. The standard InChI is InChI=1S/C15H23NO3/c1-9-8-13(18-5)6-7-14(9)10(2)12(4)19-15(17)11(3)16/h6-8,10-12H,16H2,1-5H3/t10-,11+,12+/m1/s1. The van der Waals surface area contributed by atoms with Crippen LogP contribution in [0.25, 0.3) is 0 Å². The number of nitrogens with two attached hydrogens (primary N) is 1. The van der Waals surface area contributed by atoms with Gasteiger partial charge in [0.15, 0.2) is 0 Å². The summed E-state index contributed by atoms with van der Waals surface area (Å²) in [5.74, 6) is 0.563. The molecule has 0 aliphatic heterocycles. The lowest BCUT2D eigenvalue weighted by Crippen LogP contribution is -2.33. The average Bonchev–Trinajstić information content (AvgIpc) is 2.37. The second-order valence-electron chi connectivity index (χ2n) is 4.94. The van der Waals surface area contributed by atoms with Gasteiger partial charge >= 0.3 is 5.97 Å². The monoisotopic (exact) mass is 265 g/mol. The summed E-state index contributed by atoms with van der Waals surface area (Å²) in [5.41, 5.74) is 7.76. The number of ether oxygens (including phenoxy) is 2. The van der Waals surface area contributed by atoms with Gasteiger partial charge in [-0.3, -0.25) is 4.79 Å². The van der Waals surface area contributed by atoms with E-state index in [1.165, 1.54) is 0 Å². The highest BCUT2D eigenvalue weighted by atomic mass is 16.5. The van der Waals surface area contributed by atoms with E-state index in [9.17, 15) is 4.79 Å². The molecular formula is C15H23NO3. The largest absolute Gasteiger partial charge is 0.497 e. The number of aryl methyl sites for hydroxylation is 1. The van der Waals surface area contributed by atoms with E-state index in [2.05, 4.69) is 0 Å². The van der Waals surface area contributed by atoms with E-state index in [1.54, 1.807) is 14.0 Å². The Morgan fingerprint density at radius 2 is 1.89 bits per heavy atom. The minimum atomic E-state index is -0.591. The number of rotatable bonds is 5. The molecule has 0 heterocycles. The highest BCUT2D eigenvalue weighted by molar-refractivity contribution is 5.75. The van der Waals surface area contributed by atoms with Crippen molar-refractivity contribution >= 4 is 5.97 Å². The van der Waals surface area contributed by atoms with Gasteiger partial charge in [0.2, 0.25) is 0 Å². The Bertz CT molecular complexity index is 443. The summed E-state index contributed by atoms with van der Waals surface area (Å²) < 4.78 is 10.5. The van der Waals surface area contributed by atoms with Crippen LogP contribution in [0.15, 0.2) is 18.2 Å². The molecule has 4 heteroatoms. The van der Waals surface area contributed by atoms with Crippen LogP contribution in [0.2, 0.25) is 0 Å². The van der Waals surface area contributed by atoms with Crippen LogP contribution in [0.5, 0.6) is 5.75 Å². The van der Waals surface area contributed by atoms with E-state index in [-0.39, 0.29) is 18.0 Å². The SMILES string of the molecule is COc1ccc([C@H](C)[C@H](C)OC(=O)[C@H](C)N)c(C)c1. The van der Waals surface area contributed by atoms with Gasteiger partial charge in [-0.25, -0.2) is 0 Å². The van der Waals surface area contributed by atoms with Gasteiger partial charge in [0.25, 0.3) is 0 Å². The Morgan fingerprint density at radius 3 is 2.37 bits per heavy atom. The van der Waals surface area contributed by atoms with Gasteiger partial charge in [0.05, 0.1) is 7.11 Å². The topological polar surface area (TPSA) is 61.5 Å². The highest BCUT2D eigenvalue weighted by Gasteiger charge is 2.21. The molecule has 0 aliphatic rings. The molecule has 1 aromatic carbocycles. The number of carbonyl (C=O) groups is 1. The molecule has 3 atom stereocenters. The van der Waals surface area contributed by atoms with E-state index in [4.69, 9.17) is 15.2 Å². The fourth-order valence-electron chi connectivity index (χ4n) is 1.93. The second kappa shape index (κ2) is 6.57. The molecular weight excluding hydrogens is 242 g/mol. The Hall–Kier alpha value is -1.55. The zero-order valence-electron chi connectivity index (χ0n) is 12.3. The van der Waals surface area contributed by atoms with Gasteiger partial charge in [-0.1, -0.05) is 13.0 Å². The third kappa shape index (κ3) is 3.96. The quantitative estimate of drug-likeness (QED) is 0.830. The summed E-state index contributed by atoms with van der Waals surface area (Å²) in [6, 6.07) is 5.31. The lowest BCUT2D eigenvalue weighted by molar-refractivity contribution is -0.150. The first kappa shape index (κ1) is 15.5. The van der Waals surface area contributed by atoms with Crippen molar-refractivity contribution in [1.29, 1.82) is 0 Å². The van der Waals surface area contributed by atoms with Crippen molar-refractivity contribution in [3.05, 3.63) is 29.3 Å². The Morgan fingerprint density at radius 1 is 1.26 bits per heavy atom. The van der Waals surface area contributed by atoms with Crippen LogP contribution in [-0.2, 0) is 9.53 Å². The molecule has 0 saturated carbocycles. The van der Waals surface area contributed by atoms with E-state index in [0.717, 1.165) is 16.9 Å². The predicted octanol–water partition coefficient (Wildman–Crippen LogP) is 2.39. The summed E-state index contributed by atoms with van der Waals surface area (Å²) >= 11 is 0. The minimum Gasteiger partial charge on any atom is -0.497 e. The number of methoxy groups -OCH3 is 1. The maximum absolute atomic E-state index is 11.5. The minimum absolute atomic E-state index is 0.105. The van der Waals surface area contributed by atoms with Gasteiger partial charge in [0.1, 0.15) is 17.9 Å². The lowest BCUT2D eigenvalue weighted by atomic mass is 9.92. The lowest BCUT2D eigenvalue weighted by Gasteiger charge is -2.23. The number of hydrogen-bond donors (Lipinski definition) is 1. The van der Waals surface area contributed by atoms with Crippen LogP contribution >= 0.6 is 0 Å². The number of hydrogen-bond acceptors (Lipinski definition) is 4. The summed E-state index contributed by atoms with van der Waals surface area (Å²) in [6.45, 7) is 7.56. The Kier molecular flexibility index (Phi) is 5.36. The Labute approximate surface area is 114 Å². The fraction of sp³-hybridized carbons (Fsp3) is 0.533. The van der Waals surface area contributed by atoms with Crippen molar-refractivity contribution in [2.24, 2.45) is 5.73 Å². The van der Waals surface area contributed by atoms with Gasteiger partial charge < -0.3 is 15.2 Å². The number of carbonyl (C=O) groups excluding carboxylic acids is 1. The van der Waals surface area contributed by atoms with Crippen LogP contribution in [0, 0.1) is 6.92 Å². The molecule has 0 radical (unpaired) electrons. The Balaban J connectivity index is 2.82. The van der Waals surface area contributed by atoms with Crippen molar-refractivity contribution in [1.82, 2.24) is 0 Å². The molecule has 2 N–H and O–H groups in total. The average molecular weight is 265 g/mol. The van der Waals surface area contributed by atoms with Gasteiger partial charge in [0, 0.05) is 5.92 Å². The first-order valence-corrected chi connectivity index (χ1v) is 6.47. The molecule has 106 valence electrons. The predicted molar refractivity (Wildman–Crippen MR) is 75.3 cm³/mol. The molecule has 1 aromatic rings. The second-order valence-corrected chi connectivity index (χ2v) is 4.94. The van der Waals surface area contributed by atoms with Crippen LogP contribution in [-0.4, -0.2) is 25.2 Å². The molecule has 0 saturated heterocycles. The number of benzene rings is 1. The van der Waals surface area contributed by atoms with E-state index >= 15 is 0 Å². The van der Waals surface area contributed by atoms with Gasteiger partial charge in [-0.05, 0) is 44.0 Å². The molecule has 0 unspecified atom stereocenters. The molecule has 0 bridgehead atoms. The van der Waals surface area contributed by atoms with Gasteiger partial charge in [-0.15, -0.1) is 0 Å². The summed E-state index contributed by atoms with van der Waals surface area (Å²) in [6.07, 6.45) is -0.217. The maximum Gasteiger partial charge on any atom is 0.322 e. The molecule has 19 heavy (non-hydrogen) atoms. The van der Waals surface area contributed by atoms with Crippen molar-refractivity contribution in [3.63, 3.8) is 0 Å². The van der Waals surface area contributed by atoms with Gasteiger partial charge in [-0.2, -0.15) is 0 Å². The smallest absolute Gasteiger partial charge is 0.322 e. The molecule has 0 spiro atoms. The first-order valence-electron chi connectivity index (χ1n) is 6.47. The third-order valence-corrected chi connectivity index (χ3v) is 3.35. The van der Waals surface area contributed by atoms with Crippen molar-refractivity contribution < 1.29 is 14.3 Å². The van der Waals surface area contributed by atoms with Crippen molar-refractivity contribution in [3.8, 4) is 5.75 Å².